The lowest BCUT2D eigenvalue weighted by atomic mass is 10.0. The fraction of sp³-hybridized carbons (Fsp3) is 0.538. The summed E-state index contributed by atoms with van der Waals surface area (Å²) in [5.74, 6) is 0.318. The maximum absolute atomic E-state index is 11.9. The van der Waals surface area contributed by atoms with E-state index in [-0.39, 0.29) is 25.2 Å². The van der Waals surface area contributed by atoms with Crippen LogP contribution in [-0.2, 0) is 4.79 Å². The van der Waals surface area contributed by atoms with Crippen LogP contribution in [-0.4, -0.2) is 35.1 Å². The van der Waals surface area contributed by atoms with Crippen LogP contribution in [0.25, 0.3) is 0 Å². The lowest BCUT2D eigenvalue weighted by molar-refractivity contribution is -0.146. The number of rotatable bonds is 3. The standard InChI is InChI=1S/C13H18N2O4/c1-7-4-11(9(3)19-7)8(2)14-13(18)15-5-10(6-15)12(16)17/h4,8,10H,5-6H2,1-3H3,(H,14,18)(H,16,17). The molecule has 6 heteroatoms. The first kappa shape index (κ1) is 13.5. The normalized spacial score (nSPS) is 16.9. The lowest BCUT2D eigenvalue weighted by Gasteiger charge is -2.37. The first-order chi connectivity index (χ1) is 8.88. The van der Waals surface area contributed by atoms with Gasteiger partial charge in [-0.2, -0.15) is 0 Å². The largest absolute Gasteiger partial charge is 0.481 e. The van der Waals surface area contributed by atoms with Gasteiger partial charge in [0.1, 0.15) is 11.5 Å². The fourth-order valence-corrected chi connectivity index (χ4v) is 2.24. The number of carbonyl (C=O) groups is 2. The Morgan fingerprint density at radius 3 is 2.58 bits per heavy atom. The number of aliphatic carboxylic acids is 1. The number of carbonyl (C=O) groups excluding carboxylic acids is 1. The van der Waals surface area contributed by atoms with Crippen molar-refractivity contribution in [1.29, 1.82) is 0 Å². The first-order valence-electron chi connectivity index (χ1n) is 6.23. The summed E-state index contributed by atoms with van der Waals surface area (Å²) in [7, 11) is 0. The Hall–Kier alpha value is -1.98. The molecule has 0 spiro atoms. The number of likely N-dealkylation sites (tertiary alicyclic amines) is 1. The van der Waals surface area contributed by atoms with Crippen molar-refractivity contribution in [2.75, 3.05) is 13.1 Å². The average Bonchev–Trinajstić information content (AvgIpc) is 2.54. The van der Waals surface area contributed by atoms with E-state index in [0.29, 0.717) is 0 Å². The van der Waals surface area contributed by atoms with E-state index in [1.807, 2.05) is 26.8 Å². The molecule has 6 nitrogen and oxygen atoms in total. The van der Waals surface area contributed by atoms with E-state index in [1.54, 1.807) is 0 Å². The number of carboxylic acid groups (broad SMARTS) is 1. The molecule has 2 rings (SSSR count). The van der Waals surface area contributed by atoms with Crippen LogP contribution in [0.4, 0.5) is 4.79 Å². The third-order valence-electron chi connectivity index (χ3n) is 3.40. The zero-order valence-electron chi connectivity index (χ0n) is 11.3. The molecule has 1 aliphatic rings. The predicted molar refractivity (Wildman–Crippen MR) is 67.8 cm³/mol. The second kappa shape index (κ2) is 4.95. The topological polar surface area (TPSA) is 82.8 Å². The molecule has 0 aromatic carbocycles. The molecule has 1 aromatic heterocycles. The number of urea groups is 1. The van der Waals surface area contributed by atoms with E-state index in [1.165, 1.54) is 4.90 Å². The summed E-state index contributed by atoms with van der Waals surface area (Å²) in [6, 6.07) is 1.51. The summed E-state index contributed by atoms with van der Waals surface area (Å²) in [6.45, 7) is 6.14. The molecule has 0 saturated carbocycles. The van der Waals surface area contributed by atoms with E-state index in [0.717, 1.165) is 17.1 Å². The monoisotopic (exact) mass is 266 g/mol. The molecule has 2 N–H and O–H groups in total. The fourth-order valence-electron chi connectivity index (χ4n) is 2.24. The first-order valence-corrected chi connectivity index (χ1v) is 6.23. The van der Waals surface area contributed by atoms with Gasteiger partial charge >= 0.3 is 12.0 Å². The second-order valence-corrected chi connectivity index (χ2v) is 4.98. The summed E-state index contributed by atoms with van der Waals surface area (Å²) in [4.78, 5) is 24.1. The second-order valence-electron chi connectivity index (χ2n) is 4.98. The van der Waals surface area contributed by atoms with Gasteiger partial charge in [0.15, 0.2) is 0 Å². The van der Waals surface area contributed by atoms with Crippen LogP contribution in [0.3, 0.4) is 0 Å². The molecule has 104 valence electrons. The summed E-state index contributed by atoms with van der Waals surface area (Å²) in [5.41, 5.74) is 0.946. The molecule has 0 aliphatic carbocycles. The Bertz CT molecular complexity index is 503. The Morgan fingerprint density at radius 2 is 2.11 bits per heavy atom. The molecule has 2 amide bonds. The van der Waals surface area contributed by atoms with Crippen molar-refractivity contribution in [2.24, 2.45) is 5.92 Å². The van der Waals surface area contributed by atoms with Gasteiger partial charge in [-0.1, -0.05) is 0 Å². The number of hydrogen-bond donors (Lipinski definition) is 2. The summed E-state index contributed by atoms with van der Waals surface area (Å²) < 4.78 is 5.42. The van der Waals surface area contributed by atoms with Crippen LogP contribution in [0.2, 0.25) is 0 Å². The maximum Gasteiger partial charge on any atom is 0.317 e. The maximum atomic E-state index is 11.9. The van der Waals surface area contributed by atoms with Crippen LogP contribution in [0.5, 0.6) is 0 Å². The molecule has 0 bridgehead atoms. The van der Waals surface area contributed by atoms with Gasteiger partial charge in [0.05, 0.1) is 12.0 Å². The highest BCUT2D eigenvalue weighted by atomic mass is 16.4. The molecule has 1 fully saturated rings. The van der Waals surface area contributed by atoms with E-state index >= 15 is 0 Å². The van der Waals surface area contributed by atoms with Gasteiger partial charge < -0.3 is 19.7 Å². The van der Waals surface area contributed by atoms with Crippen molar-refractivity contribution in [3.05, 3.63) is 23.2 Å². The minimum Gasteiger partial charge on any atom is -0.481 e. The third kappa shape index (κ3) is 2.72. The summed E-state index contributed by atoms with van der Waals surface area (Å²) >= 11 is 0. The quantitative estimate of drug-likeness (QED) is 0.872. The minimum absolute atomic E-state index is 0.158. The Labute approximate surface area is 111 Å². The highest BCUT2D eigenvalue weighted by Crippen LogP contribution is 2.22. The Balaban J connectivity index is 1.90. The molecule has 1 aliphatic heterocycles. The Kier molecular flexibility index (Phi) is 3.50. The van der Waals surface area contributed by atoms with Gasteiger partial charge in [0.25, 0.3) is 0 Å². The van der Waals surface area contributed by atoms with Crippen LogP contribution in [0, 0.1) is 19.8 Å². The SMILES string of the molecule is Cc1cc(C(C)NC(=O)N2CC(C(=O)O)C2)c(C)o1. The van der Waals surface area contributed by atoms with Crippen molar-refractivity contribution >= 4 is 12.0 Å². The van der Waals surface area contributed by atoms with Crippen molar-refractivity contribution in [2.45, 2.75) is 26.8 Å². The van der Waals surface area contributed by atoms with Crippen molar-refractivity contribution in [3.8, 4) is 0 Å². The van der Waals surface area contributed by atoms with Crippen LogP contribution >= 0.6 is 0 Å². The molecular formula is C13H18N2O4. The summed E-state index contributed by atoms with van der Waals surface area (Å²) in [5, 5.41) is 11.6. The molecule has 19 heavy (non-hydrogen) atoms. The number of amides is 2. The van der Waals surface area contributed by atoms with E-state index < -0.39 is 11.9 Å². The number of carboxylic acids is 1. The molecule has 0 radical (unpaired) electrons. The lowest BCUT2D eigenvalue weighted by Crippen LogP contribution is -2.56. The van der Waals surface area contributed by atoms with Crippen LogP contribution < -0.4 is 5.32 Å². The predicted octanol–water partition coefficient (Wildman–Crippen LogP) is 1.68. The minimum atomic E-state index is -0.849. The number of nitrogens with one attached hydrogen (secondary N) is 1. The number of nitrogens with zero attached hydrogens (tertiary/aromatic N) is 1. The van der Waals surface area contributed by atoms with Gasteiger partial charge in [-0.15, -0.1) is 0 Å². The molecule has 1 aromatic rings. The van der Waals surface area contributed by atoms with E-state index in [2.05, 4.69) is 5.32 Å². The van der Waals surface area contributed by atoms with Crippen molar-refractivity contribution in [3.63, 3.8) is 0 Å². The molecular weight excluding hydrogens is 248 g/mol. The van der Waals surface area contributed by atoms with Crippen LogP contribution in [0.1, 0.15) is 30.0 Å². The van der Waals surface area contributed by atoms with Crippen LogP contribution in [0.15, 0.2) is 10.5 Å². The number of furan rings is 1. The molecule has 2 heterocycles. The molecule has 1 unspecified atom stereocenters. The van der Waals surface area contributed by atoms with Gasteiger partial charge in [-0.25, -0.2) is 4.79 Å². The average molecular weight is 266 g/mol. The summed E-state index contributed by atoms with van der Waals surface area (Å²) in [6.07, 6.45) is 0. The van der Waals surface area contributed by atoms with Gasteiger partial charge in [-0.3, -0.25) is 4.79 Å². The third-order valence-corrected chi connectivity index (χ3v) is 3.40. The van der Waals surface area contributed by atoms with E-state index in [9.17, 15) is 9.59 Å². The van der Waals surface area contributed by atoms with Gasteiger partial charge in [-0.05, 0) is 26.8 Å². The number of aryl methyl sites for hydroxylation is 2. The number of hydrogen-bond acceptors (Lipinski definition) is 3. The van der Waals surface area contributed by atoms with Gasteiger partial charge in [0, 0.05) is 18.7 Å². The van der Waals surface area contributed by atoms with Crippen molar-refractivity contribution in [1.82, 2.24) is 10.2 Å². The molecule has 1 saturated heterocycles. The van der Waals surface area contributed by atoms with Crippen molar-refractivity contribution < 1.29 is 19.1 Å². The molecule has 1 atom stereocenters. The zero-order chi connectivity index (χ0) is 14.2. The van der Waals surface area contributed by atoms with E-state index in [4.69, 9.17) is 9.52 Å². The zero-order valence-corrected chi connectivity index (χ0v) is 11.3. The smallest absolute Gasteiger partial charge is 0.317 e. The highest BCUT2D eigenvalue weighted by Gasteiger charge is 2.36. The highest BCUT2D eigenvalue weighted by molar-refractivity contribution is 5.80. The van der Waals surface area contributed by atoms with Gasteiger partial charge in [0.2, 0.25) is 0 Å². The Morgan fingerprint density at radius 1 is 1.47 bits per heavy atom.